The molecule has 0 N–H and O–H groups in total. The summed E-state index contributed by atoms with van der Waals surface area (Å²) in [6.45, 7) is 5.70. The molecule has 2 aromatic carbocycles. The molecule has 160 valence electrons. The Kier molecular flexibility index (Phi) is 4.92. The lowest BCUT2D eigenvalue weighted by Gasteiger charge is -2.36. The van der Waals surface area contributed by atoms with Gasteiger partial charge in [-0.1, -0.05) is 24.3 Å². The minimum absolute atomic E-state index is 0.731. The van der Waals surface area contributed by atoms with Crippen LogP contribution in [0.2, 0.25) is 0 Å². The van der Waals surface area contributed by atoms with E-state index in [1.807, 2.05) is 24.4 Å². The van der Waals surface area contributed by atoms with Gasteiger partial charge in [0.05, 0.1) is 12.1 Å². The standard InChI is InChI=1S/C26H25N5O/c1-2-6-23-22(5-1)26(29-25(28-23)21-4-3-10-27-17-21)31-13-11-30(12-14-31)18-19-7-8-24-20(16-19)9-15-32-24/h1-8,10,16-17H,9,11-15,18H2. The summed E-state index contributed by atoms with van der Waals surface area (Å²) in [6.07, 6.45) is 4.63. The van der Waals surface area contributed by atoms with Crippen molar-refractivity contribution >= 4 is 16.7 Å². The van der Waals surface area contributed by atoms with Crippen LogP contribution in [0.1, 0.15) is 11.1 Å². The second-order valence-corrected chi connectivity index (χ2v) is 8.43. The van der Waals surface area contributed by atoms with Crippen molar-refractivity contribution in [3.63, 3.8) is 0 Å². The van der Waals surface area contributed by atoms with Crippen LogP contribution in [0.4, 0.5) is 5.82 Å². The van der Waals surface area contributed by atoms with E-state index < -0.39 is 0 Å². The SMILES string of the molecule is c1cncc(-c2nc(N3CCN(Cc4ccc5c(c4)CCO5)CC3)c3ccccc3n2)c1. The predicted molar refractivity (Wildman–Crippen MR) is 126 cm³/mol. The first-order valence-corrected chi connectivity index (χ1v) is 11.2. The lowest BCUT2D eigenvalue weighted by Crippen LogP contribution is -2.46. The molecule has 2 aromatic heterocycles. The Morgan fingerprint density at radius 3 is 2.69 bits per heavy atom. The smallest absolute Gasteiger partial charge is 0.163 e. The Bertz CT molecular complexity index is 1250. The monoisotopic (exact) mass is 423 g/mol. The summed E-state index contributed by atoms with van der Waals surface area (Å²) in [7, 11) is 0. The van der Waals surface area contributed by atoms with Gasteiger partial charge in [0.15, 0.2) is 5.82 Å². The molecule has 0 aliphatic carbocycles. The number of anilines is 1. The highest BCUT2D eigenvalue weighted by molar-refractivity contribution is 5.91. The average molecular weight is 424 g/mol. The number of hydrogen-bond donors (Lipinski definition) is 0. The van der Waals surface area contributed by atoms with Gasteiger partial charge in [-0.05, 0) is 41.5 Å². The fraction of sp³-hybridized carbons (Fsp3) is 0.269. The van der Waals surface area contributed by atoms with Crippen LogP contribution in [0.3, 0.4) is 0 Å². The maximum atomic E-state index is 5.65. The van der Waals surface area contributed by atoms with Crippen molar-refractivity contribution in [1.82, 2.24) is 19.9 Å². The number of pyridine rings is 1. The zero-order valence-corrected chi connectivity index (χ0v) is 17.9. The van der Waals surface area contributed by atoms with Crippen LogP contribution in [-0.2, 0) is 13.0 Å². The molecule has 0 atom stereocenters. The quantitative estimate of drug-likeness (QED) is 0.495. The molecule has 0 bridgehead atoms. The normalized spacial score (nSPS) is 16.2. The molecule has 0 radical (unpaired) electrons. The van der Waals surface area contributed by atoms with E-state index in [2.05, 4.69) is 51.2 Å². The number of piperazine rings is 1. The van der Waals surface area contributed by atoms with Crippen LogP contribution in [0, 0.1) is 0 Å². The third kappa shape index (κ3) is 3.67. The molecule has 2 aliphatic rings. The first-order chi connectivity index (χ1) is 15.8. The summed E-state index contributed by atoms with van der Waals surface area (Å²) >= 11 is 0. The molecular formula is C26H25N5O. The van der Waals surface area contributed by atoms with Gasteiger partial charge in [-0.2, -0.15) is 0 Å². The Morgan fingerprint density at radius 1 is 0.906 bits per heavy atom. The van der Waals surface area contributed by atoms with Crippen molar-refractivity contribution in [1.29, 1.82) is 0 Å². The first-order valence-electron chi connectivity index (χ1n) is 11.2. The fourth-order valence-corrected chi connectivity index (χ4v) is 4.64. The maximum absolute atomic E-state index is 5.65. The molecule has 2 aliphatic heterocycles. The van der Waals surface area contributed by atoms with Crippen molar-refractivity contribution in [2.24, 2.45) is 0 Å². The Hall–Kier alpha value is -3.51. The zero-order valence-electron chi connectivity index (χ0n) is 17.9. The van der Waals surface area contributed by atoms with Crippen LogP contribution >= 0.6 is 0 Å². The number of para-hydroxylation sites is 1. The van der Waals surface area contributed by atoms with E-state index in [0.29, 0.717) is 0 Å². The molecule has 0 amide bonds. The van der Waals surface area contributed by atoms with E-state index in [1.165, 1.54) is 11.1 Å². The highest BCUT2D eigenvalue weighted by Crippen LogP contribution is 2.29. The summed E-state index contributed by atoms with van der Waals surface area (Å²) in [6, 6.07) is 18.9. The van der Waals surface area contributed by atoms with Crippen molar-refractivity contribution < 1.29 is 4.74 Å². The topological polar surface area (TPSA) is 54.4 Å². The van der Waals surface area contributed by atoms with Gasteiger partial charge in [0.1, 0.15) is 11.6 Å². The minimum atomic E-state index is 0.731. The largest absolute Gasteiger partial charge is 0.493 e. The second-order valence-electron chi connectivity index (χ2n) is 8.43. The van der Waals surface area contributed by atoms with Gasteiger partial charge >= 0.3 is 0 Å². The van der Waals surface area contributed by atoms with Gasteiger partial charge < -0.3 is 9.64 Å². The molecule has 1 fully saturated rings. The van der Waals surface area contributed by atoms with E-state index in [4.69, 9.17) is 14.7 Å². The number of nitrogens with zero attached hydrogens (tertiary/aromatic N) is 5. The van der Waals surface area contributed by atoms with E-state index in [-0.39, 0.29) is 0 Å². The molecule has 1 saturated heterocycles. The minimum Gasteiger partial charge on any atom is -0.493 e. The van der Waals surface area contributed by atoms with Gasteiger partial charge in [0.25, 0.3) is 0 Å². The van der Waals surface area contributed by atoms with Gasteiger partial charge in [0.2, 0.25) is 0 Å². The maximum Gasteiger partial charge on any atom is 0.163 e. The highest BCUT2D eigenvalue weighted by atomic mass is 16.5. The predicted octanol–water partition coefficient (Wildman–Crippen LogP) is 3.95. The number of ether oxygens (including phenoxy) is 1. The molecular weight excluding hydrogens is 398 g/mol. The summed E-state index contributed by atoms with van der Waals surface area (Å²) in [5.74, 6) is 2.80. The van der Waals surface area contributed by atoms with Crippen molar-refractivity contribution in [2.75, 3.05) is 37.7 Å². The van der Waals surface area contributed by atoms with Crippen molar-refractivity contribution in [3.8, 4) is 17.1 Å². The van der Waals surface area contributed by atoms with Crippen LogP contribution in [-0.4, -0.2) is 52.6 Å². The molecule has 4 aromatic rings. The van der Waals surface area contributed by atoms with Crippen LogP contribution in [0.5, 0.6) is 5.75 Å². The van der Waals surface area contributed by atoms with Crippen LogP contribution < -0.4 is 9.64 Å². The lowest BCUT2D eigenvalue weighted by atomic mass is 10.1. The fourth-order valence-electron chi connectivity index (χ4n) is 4.64. The first kappa shape index (κ1) is 19.2. The third-order valence-corrected chi connectivity index (χ3v) is 6.33. The van der Waals surface area contributed by atoms with E-state index in [9.17, 15) is 0 Å². The van der Waals surface area contributed by atoms with Gasteiger partial charge in [-0.15, -0.1) is 0 Å². The third-order valence-electron chi connectivity index (χ3n) is 6.33. The lowest BCUT2D eigenvalue weighted by molar-refractivity contribution is 0.249. The molecule has 6 heteroatoms. The molecule has 6 rings (SSSR count). The molecule has 32 heavy (non-hydrogen) atoms. The summed E-state index contributed by atoms with van der Waals surface area (Å²) in [4.78, 5) is 19.0. The van der Waals surface area contributed by atoms with Crippen molar-refractivity contribution in [3.05, 3.63) is 78.1 Å². The second kappa shape index (κ2) is 8.20. The number of benzene rings is 2. The molecule has 4 heterocycles. The zero-order chi connectivity index (χ0) is 21.3. The number of fused-ring (bicyclic) bond motifs is 2. The van der Waals surface area contributed by atoms with E-state index in [0.717, 1.165) is 79.6 Å². The number of hydrogen-bond acceptors (Lipinski definition) is 6. The van der Waals surface area contributed by atoms with Crippen molar-refractivity contribution in [2.45, 2.75) is 13.0 Å². The Labute approximate surface area is 187 Å². The van der Waals surface area contributed by atoms with Crippen LogP contribution in [0.25, 0.3) is 22.3 Å². The molecule has 0 unspecified atom stereocenters. The molecule has 0 saturated carbocycles. The summed E-state index contributed by atoms with van der Waals surface area (Å²) in [5.41, 5.74) is 4.63. The van der Waals surface area contributed by atoms with Crippen LogP contribution in [0.15, 0.2) is 67.0 Å². The summed E-state index contributed by atoms with van der Waals surface area (Å²) in [5, 5.41) is 1.10. The molecule has 0 spiro atoms. The van der Waals surface area contributed by atoms with Gasteiger partial charge in [-0.3, -0.25) is 9.88 Å². The number of rotatable bonds is 4. The molecule has 6 nitrogen and oxygen atoms in total. The highest BCUT2D eigenvalue weighted by Gasteiger charge is 2.22. The number of aromatic nitrogens is 3. The average Bonchev–Trinajstić information content (AvgIpc) is 3.32. The van der Waals surface area contributed by atoms with E-state index >= 15 is 0 Å². The Morgan fingerprint density at radius 2 is 1.81 bits per heavy atom. The van der Waals surface area contributed by atoms with E-state index in [1.54, 1.807) is 6.20 Å². The van der Waals surface area contributed by atoms with Gasteiger partial charge in [0, 0.05) is 62.5 Å². The Balaban J connectivity index is 1.23. The van der Waals surface area contributed by atoms with Gasteiger partial charge in [-0.25, -0.2) is 9.97 Å². The summed E-state index contributed by atoms with van der Waals surface area (Å²) < 4.78 is 5.65.